The summed E-state index contributed by atoms with van der Waals surface area (Å²) in [7, 11) is 0. The number of hydrazine groups is 1. The Morgan fingerprint density at radius 2 is 2.25 bits per heavy atom. The highest BCUT2D eigenvalue weighted by Gasteiger charge is 1.67. The van der Waals surface area contributed by atoms with Crippen LogP contribution in [0.1, 0.15) is 13.8 Å². The molecule has 0 unspecified atom stereocenters. The van der Waals surface area contributed by atoms with E-state index in [-0.39, 0.29) is 0 Å². The molecule has 3 nitrogen and oxygen atoms in total. The number of nitrogens with one attached hydrogen (secondary N) is 1. The van der Waals surface area contributed by atoms with E-state index in [0.29, 0.717) is 0 Å². The van der Waals surface area contributed by atoms with Crippen LogP contribution in [0.3, 0.4) is 0 Å². The smallest absolute Gasteiger partial charge is 0.0482 e. The first kappa shape index (κ1) is 7.17. The molecule has 0 aliphatic carbocycles. The lowest BCUT2D eigenvalue weighted by atomic mass is 10.3. The van der Waals surface area contributed by atoms with Crippen LogP contribution in [0.2, 0.25) is 0 Å². The molecule has 0 aromatic heterocycles. The molecule has 0 rings (SSSR count). The summed E-state index contributed by atoms with van der Waals surface area (Å²) >= 11 is 0. The maximum absolute atomic E-state index is 4.84. The first-order chi connectivity index (χ1) is 3.77. The highest BCUT2D eigenvalue weighted by molar-refractivity contribution is 5.71. The molecule has 0 radical (unpaired) electrons. The second-order valence-corrected chi connectivity index (χ2v) is 1.65. The third-order valence-corrected chi connectivity index (χ3v) is 0.557. The van der Waals surface area contributed by atoms with Gasteiger partial charge in [-0.3, -0.25) is 0 Å². The molecule has 0 bridgehead atoms. The van der Waals surface area contributed by atoms with E-state index >= 15 is 0 Å². The summed E-state index contributed by atoms with van der Waals surface area (Å²) in [5.74, 6) is 4.84. The van der Waals surface area contributed by atoms with Crippen molar-refractivity contribution < 1.29 is 0 Å². The van der Waals surface area contributed by atoms with Crippen molar-refractivity contribution in [2.45, 2.75) is 13.8 Å². The zero-order valence-corrected chi connectivity index (χ0v) is 5.18. The highest BCUT2D eigenvalue weighted by Crippen LogP contribution is 1.82. The van der Waals surface area contributed by atoms with Gasteiger partial charge in [0.05, 0.1) is 0 Å². The Hall–Kier alpha value is -0.830. The molecule has 0 amide bonds. The summed E-state index contributed by atoms with van der Waals surface area (Å²) in [6, 6.07) is 0. The Morgan fingerprint density at radius 1 is 1.62 bits per heavy atom. The van der Waals surface area contributed by atoms with Gasteiger partial charge in [0.2, 0.25) is 0 Å². The lowest BCUT2D eigenvalue weighted by Crippen LogP contribution is -2.13. The van der Waals surface area contributed by atoms with E-state index in [1.54, 1.807) is 6.21 Å². The van der Waals surface area contributed by atoms with Gasteiger partial charge in [-0.15, -0.1) is 0 Å². The zero-order valence-electron chi connectivity index (χ0n) is 5.18. The van der Waals surface area contributed by atoms with Crippen LogP contribution < -0.4 is 11.4 Å². The van der Waals surface area contributed by atoms with Gasteiger partial charge in [-0.05, 0) is 19.9 Å². The highest BCUT2D eigenvalue weighted by atomic mass is 15.5. The van der Waals surface area contributed by atoms with Gasteiger partial charge < -0.3 is 0 Å². The molecule has 0 aliphatic rings. The maximum Gasteiger partial charge on any atom is 0.0482 e. The summed E-state index contributed by atoms with van der Waals surface area (Å²) in [4.78, 5) is 0. The van der Waals surface area contributed by atoms with Crippen LogP contribution in [0.4, 0.5) is 0 Å². The molecule has 0 aromatic rings. The predicted octanol–water partition coefficient (Wildman–Crippen LogP) is 0.402. The Balaban J connectivity index is 3.42. The molecular formula is C5H11N3. The van der Waals surface area contributed by atoms with Gasteiger partial charge in [0, 0.05) is 6.21 Å². The van der Waals surface area contributed by atoms with Crippen LogP contribution in [0.15, 0.2) is 16.8 Å². The van der Waals surface area contributed by atoms with Crippen molar-refractivity contribution >= 4 is 6.21 Å². The monoisotopic (exact) mass is 113 g/mol. The molecule has 0 heterocycles. The third kappa shape index (κ3) is 5.17. The minimum Gasteiger partial charge on any atom is -0.246 e. The fraction of sp³-hybridized carbons (Fsp3) is 0.400. The molecule has 0 fully saturated rings. The largest absolute Gasteiger partial charge is 0.246 e. The van der Waals surface area contributed by atoms with E-state index in [1.165, 1.54) is 5.57 Å². The van der Waals surface area contributed by atoms with E-state index < -0.39 is 0 Å². The van der Waals surface area contributed by atoms with Crippen LogP contribution >= 0.6 is 0 Å². The van der Waals surface area contributed by atoms with Gasteiger partial charge >= 0.3 is 0 Å². The van der Waals surface area contributed by atoms with Crippen LogP contribution in [0.25, 0.3) is 0 Å². The number of allylic oxidation sites excluding steroid dienone is 2. The number of hydrogen-bond acceptors (Lipinski definition) is 3. The molecule has 8 heavy (non-hydrogen) atoms. The Labute approximate surface area is 49.2 Å². The minimum absolute atomic E-state index is 1.20. The first-order valence-electron chi connectivity index (χ1n) is 2.39. The standard InChI is InChI=1S/C5H11N3/c1-5(2)3-4-7-8-6/h3-4,8H,6H2,1-2H3/b7-4-. The fourth-order valence-corrected chi connectivity index (χ4v) is 0.229. The Bertz CT molecular complexity index is 100. The first-order valence-corrected chi connectivity index (χ1v) is 2.39. The topological polar surface area (TPSA) is 50.4 Å². The van der Waals surface area contributed by atoms with Gasteiger partial charge in [0.25, 0.3) is 0 Å². The van der Waals surface area contributed by atoms with Gasteiger partial charge in [-0.2, -0.15) is 5.10 Å². The van der Waals surface area contributed by atoms with E-state index in [1.807, 2.05) is 19.9 Å². The SMILES string of the molecule is CC(C)=C/C=N\NN. The van der Waals surface area contributed by atoms with Crippen molar-refractivity contribution in [1.29, 1.82) is 0 Å². The molecule has 46 valence electrons. The van der Waals surface area contributed by atoms with Crippen molar-refractivity contribution in [3.05, 3.63) is 11.6 Å². The maximum atomic E-state index is 4.84. The normalized spacial score (nSPS) is 9.38. The number of nitrogens with zero attached hydrogens (tertiary/aromatic N) is 1. The van der Waals surface area contributed by atoms with Crippen molar-refractivity contribution in [2.75, 3.05) is 0 Å². The quantitative estimate of drug-likeness (QED) is 0.309. The molecule has 0 aromatic carbocycles. The van der Waals surface area contributed by atoms with Crippen molar-refractivity contribution in [3.8, 4) is 0 Å². The van der Waals surface area contributed by atoms with Crippen molar-refractivity contribution in [3.63, 3.8) is 0 Å². The molecular weight excluding hydrogens is 102 g/mol. The van der Waals surface area contributed by atoms with E-state index in [4.69, 9.17) is 5.84 Å². The number of hydrazone groups is 1. The van der Waals surface area contributed by atoms with Crippen molar-refractivity contribution in [1.82, 2.24) is 5.53 Å². The second kappa shape index (κ2) is 4.33. The third-order valence-electron chi connectivity index (χ3n) is 0.557. The van der Waals surface area contributed by atoms with E-state index in [0.717, 1.165) is 0 Å². The summed E-state index contributed by atoms with van der Waals surface area (Å²) in [6.07, 6.45) is 3.47. The molecule has 0 spiro atoms. The minimum atomic E-state index is 1.20. The average molecular weight is 113 g/mol. The van der Waals surface area contributed by atoms with Crippen LogP contribution in [-0.2, 0) is 0 Å². The summed E-state index contributed by atoms with van der Waals surface area (Å²) in [5.41, 5.74) is 3.35. The second-order valence-electron chi connectivity index (χ2n) is 1.65. The van der Waals surface area contributed by atoms with Crippen LogP contribution in [0.5, 0.6) is 0 Å². The molecule has 0 saturated carbocycles. The lowest BCUT2D eigenvalue weighted by molar-refractivity contribution is 0.811. The number of nitrogens with two attached hydrogens (primary N) is 1. The molecule has 0 atom stereocenters. The average Bonchev–Trinajstić information content (AvgIpc) is 1.66. The Kier molecular flexibility index (Phi) is 3.88. The van der Waals surface area contributed by atoms with Gasteiger partial charge in [0.1, 0.15) is 0 Å². The van der Waals surface area contributed by atoms with Crippen LogP contribution in [-0.4, -0.2) is 6.21 Å². The van der Waals surface area contributed by atoms with Crippen LogP contribution in [0, 0.1) is 0 Å². The number of rotatable bonds is 2. The van der Waals surface area contributed by atoms with Gasteiger partial charge in [-0.25, -0.2) is 11.4 Å². The molecule has 3 heteroatoms. The number of hydrogen-bond donors (Lipinski definition) is 2. The fourth-order valence-electron chi connectivity index (χ4n) is 0.229. The summed E-state index contributed by atoms with van der Waals surface area (Å²) < 4.78 is 0. The molecule has 0 saturated heterocycles. The van der Waals surface area contributed by atoms with Gasteiger partial charge in [-0.1, -0.05) is 5.57 Å². The van der Waals surface area contributed by atoms with E-state index in [2.05, 4.69) is 10.6 Å². The Morgan fingerprint density at radius 3 is 2.62 bits per heavy atom. The van der Waals surface area contributed by atoms with Crippen molar-refractivity contribution in [2.24, 2.45) is 10.9 Å². The summed E-state index contributed by atoms with van der Waals surface area (Å²) in [6.45, 7) is 3.98. The molecule has 3 N–H and O–H groups in total. The molecule has 0 aliphatic heterocycles. The van der Waals surface area contributed by atoms with E-state index in [9.17, 15) is 0 Å². The zero-order chi connectivity index (χ0) is 6.41. The predicted molar refractivity (Wildman–Crippen MR) is 35.2 cm³/mol. The van der Waals surface area contributed by atoms with Gasteiger partial charge in [0.15, 0.2) is 0 Å². The lowest BCUT2D eigenvalue weighted by Gasteiger charge is -1.82. The summed E-state index contributed by atoms with van der Waals surface area (Å²) in [5, 5.41) is 3.54.